The zero-order chi connectivity index (χ0) is 20.3. The van der Waals surface area contributed by atoms with Crippen molar-refractivity contribution in [1.29, 1.82) is 0 Å². The Kier molecular flexibility index (Phi) is 7.04. The van der Waals surface area contributed by atoms with Crippen LogP contribution in [0, 0.1) is 11.8 Å². The van der Waals surface area contributed by atoms with E-state index in [1.54, 1.807) is 6.07 Å². The molecule has 0 spiro atoms. The van der Waals surface area contributed by atoms with Crippen molar-refractivity contribution in [2.24, 2.45) is 11.8 Å². The Labute approximate surface area is 175 Å². The molecule has 2 fully saturated rings. The minimum absolute atomic E-state index is 0.0374. The predicted molar refractivity (Wildman–Crippen MR) is 112 cm³/mol. The third-order valence-corrected chi connectivity index (χ3v) is 5.90. The number of rotatable bonds is 7. The van der Waals surface area contributed by atoms with Gasteiger partial charge in [-0.1, -0.05) is 37.2 Å². The number of piperazine rings is 1. The third-order valence-electron chi connectivity index (χ3n) is 4.86. The van der Waals surface area contributed by atoms with E-state index >= 15 is 0 Å². The van der Waals surface area contributed by atoms with E-state index in [-0.39, 0.29) is 29.5 Å². The van der Waals surface area contributed by atoms with Gasteiger partial charge in [-0.05, 0) is 25.7 Å². The van der Waals surface area contributed by atoms with Crippen molar-refractivity contribution in [1.82, 2.24) is 20.2 Å². The van der Waals surface area contributed by atoms with Gasteiger partial charge in [-0.3, -0.25) is 9.59 Å². The van der Waals surface area contributed by atoms with Crippen LogP contribution in [0.2, 0.25) is 5.15 Å². The second kappa shape index (κ2) is 9.31. The highest BCUT2D eigenvalue weighted by Crippen LogP contribution is 2.32. The fourth-order valence-corrected chi connectivity index (χ4v) is 4.08. The van der Waals surface area contributed by atoms with Gasteiger partial charge in [0.25, 0.3) is 0 Å². The molecule has 2 heterocycles. The first-order valence-electron chi connectivity index (χ1n) is 9.83. The quantitative estimate of drug-likeness (QED) is 0.410. The zero-order valence-electron chi connectivity index (χ0n) is 16.7. The largest absolute Gasteiger partial charge is 0.355 e. The molecule has 0 radical (unpaired) electrons. The highest BCUT2D eigenvalue weighted by Gasteiger charge is 2.37. The van der Waals surface area contributed by atoms with Crippen molar-refractivity contribution in [2.45, 2.75) is 44.8 Å². The summed E-state index contributed by atoms with van der Waals surface area (Å²) in [5.74, 6) is 1.91. The maximum absolute atomic E-state index is 12.4. The number of carbonyl (C=O) groups is 2. The standard InChI is InChI=1S/C19H28ClN5O2S/c1-12(2)9-21-17(26)11-28-19-22-15(20)8-16(23-19)24-6-7-25(13(3)10-24)18(27)14-4-5-14/h8,12-14H,4-7,9-11H2,1-3H3,(H,21,26)/t13-/m0/s1. The first kappa shape index (κ1) is 21.2. The summed E-state index contributed by atoms with van der Waals surface area (Å²) in [5, 5.41) is 3.74. The zero-order valence-corrected chi connectivity index (χ0v) is 18.2. The summed E-state index contributed by atoms with van der Waals surface area (Å²) in [5.41, 5.74) is 0. The van der Waals surface area contributed by atoms with Crippen LogP contribution in [0.1, 0.15) is 33.6 Å². The number of hydrogen-bond acceptors (Lipinski definition) is 6. The van der Waals surface area contributed by atoms with Crippen molar-refractivity contribution in [3.63, 3.8) is 0 Å². The molecule has 1 saturated heterocycles. The molecule has 1 aromatic heterocycles. The normalized spacial score (nSPS) is 19.8. The topological polar surface area (TPSA) is 78.4 Å². The number of nitrogens with zero attached hydrogens (tertiary/aromatic N) is 4. The average Bonchev–Trinajstić information content (AvgIpc) is 3.49. The Hall–Kier alpha value is -1.54. The van der Waals surface area contributed by atoms with E-state index in [2.05, 4.69) is 41.0 Å². The fraction of sp³-hybridized carbons (Fsp3) is 0.684. The number of amides is 2. The molecule has 1 aliphatic carbocycles. The molecule has 154 valence electrons. The number of thioether (sulfide) groups is 1. The van der Waals surface area contributed by atoms with Crippen LogP contribution in [-0.4, -0.2) is 64.7 Å². The first-order chi connectivity index (χ1) is 13.3. The lowest BCUT2D eigenvalue weighted by atomic mass is 10.1. The average molecular weight is 426 g/mol. The lowest BCUT2D eigenvalue weighted by molar-refractivity contribution is -0.135. The van der Waals surface area contributed by atoms with Gasteiger partial charge in [0.1, 0.15) is 11.0 Å². The lowest BCUT2D eigenvalue weighted by Crippen LogP contribution is -2.54. The lowest BCUT2D eigenvalue weighted by Gasteiger charge is -2.40. The minimum Gasteiger partial charge on any atom is -0.355 e. The van der Waals surface area contributed by atoms with Crippen LogP contribution < -0.4 is 10.2 Å². The van der Waals surface area contributed by atoms with E-state index in [1.807, 2.05) is 4.90 Å². The highest BCUT2D eigenvalue weighted by molar-refractivity contribution is 7.99. The van der Waals surface area contributed by atoms with Gasteiger partial charge in [0.05, 0.1) is 5.75 Å². The van der Waals surface area contributed by atoms with Gasteiger partial charge in [-0.25, -0.2) is 9.97 Å². The first-order valence-corrected chi connectivity index (χ1v) is 11.2. The molecule has 1 aromatic rings. The smallest absolute Gasteiger partial charge is 0.230 e. The molecular weight excluding hydrogens is 398 g/mol. The summed E-state index contributed by atoms with van der Waals surface area (Å²) < 4.78 is 0. The van der Waals surface area contributed by atoms with Crippen LogP contribution in [0.15, 0.2) is 11.2 Å². The van der Waals surface area contributed by atoms with Crippen LogP contribution in [0.5, 0.6) is 0 Å². The number of anilines is 1. The highest BCUT2D eigenvalue weighted by atomic mass is 35.5. The van der Waals surface area contributed by atoms with Crippen molar-refractivity contribution in [2.75, 3.05) is 36.8 Å². The maximum atomic E-state index is 12.4. The molecule has 1 atom stereocenters. The molecular formula is C19H28ClN5O2S. The van der Waals surface area contributed by atoms with Crippen molar-refractivity contribution in [3.05, 3.63) is 11.2 Å². The van der Waals surface area contributed by atoms with E-state index in [0.717, 1.165) is 25.2 Å². The molecule has 9 heteroatoms. The summed E-state index contributed by atoms with van der Waals surface area (Å²) in [6.07, 6.45) is 2.05. The molecule has 1 aliphatic heterocycles. The predicted octanol–water partition coefficient (Wildman–Crippen LogP) is 2.44. The van der Waals surface area contributed by atoms with Crippen molar-refractivity contribution < 1.29 is 9.59 Å². The molecule has 7 nitrogen and oxygen atoms in total. The summed E-state index contributed by atoms with van der Waals surface area (Å²) >= 11 is 7.48. The minimum atomic E-state index is -0.0374. The molecule has 0 bridgehead atoms. The molecule has 2 amide bonds. The molecule has 0 aromatic carbocycles. The molecule has 1 saturated carbocycles. The van der Waals surface area contributed by atoms with Gasteiger partial charge < -0.3 is 15.1 Å². The Morgan fingerprint density at radius 2 is 2.07 bits per heavy atom. The number of hydrogen-bond donors (Lipinski definition) is 1. The SMILES string of the molecule is CC(C)CNC(=O)CSc1nc(Cl)cc(N2CCN(C(=O)C3CC3)[C@@H](C)C2)n1. The Morgan fingerprint density at radius 3 is 2.71 bits per heavy atom. The molecule has 3 rings (SSSR count). The van der Waals surface area contributed by atoms with E-state index in [9.17, 15) is 9.59 Å². The van der Waals surface area contributed by atoms with Gasteiger partial charge in [0, 0.05) is 44.2 Å². The van der Waals surface area contributed by atoms with Crippen molar-refractivity contribution >= 4 is 41.0 Å². The van der Waals surface area contributed by atoms with Crippen LogP contribution in [0.25, 0.3) is 0 Å². The maximum Gasteiger partial charge on any atom is 0.230 e. The number of nitrogens with one attached hydrogen (secondary N) is 1. The number of aromatic nitrogens is 2. The Balaban J connectivity index is 1.58. The summed E-state index contributed by atoms with van der Waals surface area (Å²) in [4.78, 5) is 37.3. The van der Waals surface area contributed by atoms with Gasteiger partial charge in [-0.2, -0.15) is 0 Å². The van der Waals surface area contributed by atoms with Gasteiger partial charge >= 0.3 is 0 Å². The third kappa shape index (κ3) is 5.73. The van der Waals surface area contributed by atoms with Gasteiger partial charge in [0.2, 0.25) is 11.8 Å². The summed E-state index contributed by atoms with van der Waals surface area (Å²) in [6.45, 7) is 8.96. The second-order valence-corrected chi connectivity index (χ2v) is 9.25. The van der Waals surface area contributed by atoms with Gasteiger partial charge in [-0.15, -0.1) is 0 Å². The molecule has 1 N–H and O–H groups in total. The van der Waals surface area contributed by atoms with Crippen molar-refractivity contribution in [3.8, 4) is 0 Å². The van der Waals surface area contributed by atoms with E-state index in [4.69, 9.17) is 11.6 Å². The van der Waals surface area contributed by atoms with Crippen LogP contribution in [0.3, 0.4) is 0 Å². The molecule has 0 unspecified atom stereocenters. The Morgan fingerprint density at radius 1 is 1.32 bits per heavy atom. The van der Waals surface area contributed by atoms with Crippen LogP contribution in [0.4, 0.5) is 5.82 Å². The van der Waals surface area contributed by atoms with Crippen LogP contribution in [-0.2, 0) is 9.59 Å². The van der Waals surface area contributed by atoms with E-state index < -0.39 is 0 Å². The molecule has 28 heavy (non-hydrogen) atoms. The van der Waals surface area contributed by atoms with E-state index in [1.165, 1.54) is 11.8 Å². The van der Waals surface area contributed by atoms with Gasteiger partial charge in [0.15, 0.2) is 5.16 Å². The monoisotopic (exact) mass is 425 g/mol. The number of halogens is 1. The summed E-state index contributed by atoms with van der Waals surface area (Å²) in [7, 11) is 0. The fourth-order valence-electron chi connectivity index (χ4n) is 3.17. The number of carbonyl (C=O) groups excluding carboxylic acids is 2. The Bertz CT molecular complexity index is 728. The van der Waals surface area contributed by atoms with E-state index in [0.29, 0.717) is 35.9 Å². The van der Waals surface area contributed by atoms with Crippen LogP contribution >= 0.6 is 23.4 Å². The second-order valence-electron chi connectivity index (χ2n) is 7.92. The summed E-state index contributed by atoms with van der Waals surface area (Å²) in [6, 6.07) is 1.88. The molecule has 2 aliphatic rings.